The lowest BCUT2D eigenvalue weighted by Crippen LogP contribution is -2.52. The minimum absolute atomic E-state index is 0. The molecule has 0 radical (unpaired) electrons. The van der Waals surface area contributed by atoms with E-state index in [9.17, 15) is 4.79 Å². The van der Waals surface area contributed by atoms with Gasteiger partial charge >= 0.3 is 6.09 Å². The second kappa shape index (κ2) is 5.03. The summed E-state index contributed by atoms with van der Waals surface area (Å²) in [6.07, 6.45) is 1.51. The van der Waals surface area contributed by atoms with Gasteiger partial charge in [-0.15, -0.1) is 12.4 Å². The molecule has 0 atom stereocenters. The highest BCUT2D eigenvalue weighted by atomic mass is 35.5. The third-order valence-electron chi connectivity index (χ3n) is 2.38. The van der Waals surface area contributed by atoms with Gasteiger partial charge in [0.1, 0.15) is 5.60 Å². The Morgan fingerprint density at radius 1 is 1.40 bits per heavy atom. The first kappa shape index (κ1) is 14.5. The summed E-state index contributed by atoms with van der Waals surface area (Å²) in [6, 6.07) is 0.518. The van der Waals surface area contributed by atoms with E-state index in [0.29, 0.717) is 0 Å². The first-order chi connectivity index (χ1) is 6.29. The molecule has 0 aromatic heterocycles. The van der Waals surface area contributed by atoms with Crippen molar-refractivity contribution >= 4 is 18.5 Å². The molecule has 2 N–H and O–H groups in total. The predicted octanol–water partition coefficient (Wildman–Crippen LogP) is 1.76. The summed E-state index contributed by atoms with van der Waals surface area (Å²) in [5.41, 5.74) is 5.24. The summed E-state index contributed by atoms with van der Waals surface area (Å²) >= 11 is 0. The maximum absolute atomic E-state index is 11.6. The molecule has 15 heavy (non-hydrogen) atoms. The maximum atomic E-state index is 11.6. The van der Waals surface area contributed by atoms with Crippen LogP contribution in [0.3, 0.4) is 0 Å². The van der Waals surface area contributed by atoms with Gasteiger partial charge in [-0.05, 0) is 33.6 Å². The number of hydrogen-bond acceptors (Lipinski definition) is 3. The number of ether oxygens (including phenoxy) is 1. The number of hydrogen-bond donors (Lipinski definition) is 1. The monoisotopic (exact) mass is 236 g/mol. The van der Waals surface area contributed by atoms with Crippen molar-refractivity contribution in [3.8, 4) is 0 Å². The fraction of sp³-hybridized carbons (Fsp3) is 0.900. The quantitative estimate of drug-likeness (QED) is 0.755. The Balaban J connectivity index is 0.00000196. The van der Waals surface area contributed by atoms with Gasteiger partial charge in [-0.25, -0.2) is 4.79 Å². The summed E-state index contributed by atoms with van der Waals surface area (Å²) < 4.78 is 5.24. The smallest absolute Gasteiger partial charge is 0.410 e. The summed E-state index contributed by atoms with van der Waals surface area (Å²) in [5, 5.41) is 0. The van der Waals surface area contributed by atoms with Crippen molar-refractivity contribution in [3.63, 3.8) is 0 Å². The van der Waals surface area contributed by atoms with Crippen LogP contribution in [-0.2, 0) is 4.74 Å². The zero-order valence-corrected chi connectivity index (χ0v) is 10.6. The Morgan fingerprint density at radius 2 is 1.87 bits per heavy atom. The van der Waals surface area contributed by atoms with Gasteiger partial charge in [0.25, 0.3) is 0 Å². The Labute approximate surface area is 97.5 Å². The molecule has 1 amide bonds. The van der Waals surface area contributed by atoms with Crippen molar-refractivity contribution in [1.29, 1.82) is 0 Å². The van der Waals surface area contributed by atoms with Crippen molar-refractivity contribution in [3.05, 3.63) is 0 Å². The average molecular weight is 237 g/mol. The highest BCUT2D eigenvalue weighted by Gasteiger charge is 2.33. The molecule has 0 spiro atoms. The number of amides is 1. The van der Waals surface area contributed by atoms with Crippen LogP contribution in [0.2, 0.25) is 0 Å². The van der Waals surface area contributed by atoms with E-state index in [1.165, 1.54) is 0 Å². The number of nitrogens with two attached hydrogens (primary N) is 1. The third-order valence-corrected chi connectivity index (χ3v) is 2.38. The second-order valence-corrected chi connectivity index (χ2v) is 4.98. The first-order valence-electron chi connectivity index (χ1n) is 5.01. The van der Waals surface area contributed by atoms with Crippen LogP contribution in [0, 0.1) is 0 Å². The molecule has 0 bridgehead atoms. The normalized spacial score (nSPS) is 24.9. The van der Waals surface area contributed by atoms with E-state index < -0.39 is 5.60 Å². The maximum Gasteiger partial charge on any atom is 0.410 e. The molecule has 4 nitrogen and oxygen atoms in total. The van der Waals surface area contributed by atoms with Gasteiger partial charge in [0.2, 0.25) is 0 Å². The Kier molecular flexibility index (Phi) is 4.87. The largest absolute Gasteiger partial charge is 0.444 e. The highest BCUT2D eigenvalue weighted by Crippen LogP contribution is 2.24. The zero-order chi connectivity index (χ0) is 10.9. The Bertz CT molecular complexity index is 222. The minimum Gasteiger partial charge on any atom is -0.444 e. The fourth-order valence-corrected chi connectivity index (χ4v) is 1.43. The topological polar surface area (TPSA) is 55.6 Å². The van der Waals surface area contributed by atoms with Crippen molar-refractivity contribution < 1.29 is 9.53 Å². The molecule has 0 saturated heterocycles. The number of carbonyl (C=O) groups is 1. The van der Waals surface area contributed by atoms with Gasteiger partial charge < -0.3 is 15.4 Å². The fourth-order valence-electron chi connectivity index (χ4n) is 1.43. The lowest BCUT2D eigenvalue weighted by molar-refractivity contribution is 0.0123. The molecule has 0 aromatic rings. The van der Waals surface area contributed by atoms with E-state index in [4.69, 9.17) is 10.5 Å². The van der Waals surface area contributed by atoms with Crippen LogP contribution in [0.25, 0.3) is 0 Å². The van der Waals surface area contributed by atoms with E-state index in [2.05, 4.69) is 0 Å². The van der Waals surface area contributed by atoms with Crippen LogP contribution >= 0.6 is 12.4 Å². The van der Waals surface area contributed by atoms with Gasteiger partial charge in [-0.1, -0.05) is 0 Å². The molecule has 0 aliphatic heterocycles. The summed E-state index contributed by atoms with van der Waals surface area (Å²) in [4.78, 5) is 13.2. The molecule has 1 rings (SSSR count). The van der Waals surface area contributed by atoms with E-state index in [1.54, 1.807) is 11.9 Å². The third kappa shape index (κ3) is 4.26. The van der Waals surface area contributed by atoms with Crippen LogP contribution in [0.5, 0.6) is 0 Å². The van der Waals surface area contributed by atoms with Gasteiger partial charge in [0.05, 0.1) is 0 Å². The summed E-state index contributed by atoms with van der Waals surface area (Å²) in [5.74, 6) is 0. The predicted molar refractivity (Wildman–Crippen MR) is 62.2 cm³/mol. The average Bonchev–Trinajstić information content (AvgIpc) is 1.94. The Morgan fingerprint density at radius 3 is 2.20 bits per heavy atom. The highest BCUT2D eigenvalue weighted by molar-refractivity contribution is 5.85. The van der Waals surface area contributed by atoms with Crippen molar-refractivity contribution in [1.82, 2.24) is 4.90 Å². The number of rotatable bonds is 1. The first-order valence-corrected chi connectivity index (χ1v) is 5.01. The number of nitrogens with zero attached hydrogens (tertiary/aromatic N) is 1. The van der Waals surface area contributed by atoms with Crippen LogP contribution in [0.1, 0.15) is 33.6 Å². The van der Waals surface area contributed by atoms with Crippen molar-refractivity contribution in [2.24, 2.45) is 5.73 Å². The van der Waals surface area contributed by atoms with Gasteiger partial charge in [0.15, 0.2) is 0 Å². The van der Waals surface area contributed by atoms with Gasteiger partial charge in [0, 0.05) is 19.1 Å². The molecule has 90 valence electrons. The molecule has 0 heterocycles. The van der Waals surface area contributed by atoms with Crippen LogP contribution in [0.15, 0.2) is 0 Å². The van der Waals surface area contributed by atoms with E-state index in [-0.39, 0.29) is 30.6 Å². The molecule has 5 heteroatoms. The molecule has 1 fully saturated rings. The summed E-state index contributed by atoms with van der Waals surface area (Å²) in [6.45, 7) is 5.60. The zero-order valence-electron chi connectivity index (χ0n) is 9.82. The summed E-state index contributed by atoms with van der Waals surface area (Å²) in [7, 11) is 1.77. The van der Waals surface area contributed by atoms with Gasteiger partial charge in [-0.2, -0.15) is 0 Å². The molecule has 1 saturated carbocycles. The van der Waals surface area contributed by atoms with Gasteiger partial charge in [-0.3, -0.25) is 0 Å². The van der Waals surface area contributed by atoms with Crippen LogP contribution in [0.4, 0.5) is 4.79 Å². The van der Waals surface area contributed by atoms with E-state index in [1.807, 2.05) is 20.8 Å². The molecular formula is C10H21ClN2O2. The van der Waals surface area contributed by atoms with Crippen molar-refractivity contribution in [2.75, 3.05) is 7.05 Å². The molecule has 0 unspecified atom stereocenters. The Hall–Kier alpha value is -0.480. The molecular weight excluding hydrogens is 216 g/mol. The molecule has 0 aromatic carbocycles. The van der Waals surface area contributed by atoms with Crippen molar-refractivity contribution in [2.45, 2.75) is 51.3 Å². The lowest BCUT2D eigenvalue weighted by Gasteiger charge is -2.39. The minimum atomic E-state index is -0.419. The number of carbonyl (C=O) groups excluding carboxylic acids is 1. The number of halogens is 1. The SMILES string of the molecule is CN(C(=O)OC(C)(C)C)C1CC(N)C1.Cl. The second-order valence-electron chi connectivity index (χ2n) is 4.98. The standard InChI is InChI=1S/C10H20N2O2.ClH/c1-10(2,3)14-9(13)12(4)8-5-7(11)6-8;/h7-8H,5-6,11H2,1-4H3;1H. The van der Waals surface area contributed by atoms with E-state index in [0.717, 1.165) is 12.8 Å². The van der Waals surface area contributed by atoms with E-state index >= 15 is 0 Å². The lowest BCUT2D eigenvalue weighted by atomic mass is 9.87. The molecule has 1 aliphatic carbocycles. The van der Waals surface area contributed by atoms with Crippen LogP contribution < -0.4 is 5.73 Å². The van der Waals surface area contributed by atoms with Crippen LogP contribution in [-0.4, -0.2) is 35.7 Å². The molecule has 1 aliphatic rings.